The molecule has 13 heavy (non-hydrogen) atoms. The van der Waals surface area contributed by atoms with E-state index in [1.165, 1.54) is 11.1 Å². The largest absolute Gasteiger partial charge is 0.303 e. The first kappa shape index (κ1) is 9.07. The van der Waals surface area contributed by atoms with Gasteiger partial charge in [0.25, 0.3) is 0 Å². The Morgan fingerprint density at radius 3 is 2.54 bits per heavy atom. The topological polar surface area (TPSA) is 0 Å². The molecule has 0 radical (unpaired) electrons. The van der Waals surface area contributed by atoms with Crippen LogP contribution in [0.4, 0.5) is 0 Å². The van der Waals surface area contributed by atoms with Crippen LogP contribution in [-0.4, -0.2) is 6.69 Å². The molecule has 0 N–H and O–H groups in total. The Bertz CT molecular complexity index is 394. The molecule has 2 rings (SSSR count). The zero-order chi connectivity index (χ0) is 9.47. The normalized spacial score (nSPS) is 14.2. The minimum absolute atomic E-state index is 1.07. The molecular weight excluding hydrogens is 219 g/mol. The van der Waals surface area contributed by atoms with Crippen molar-refractivity contribution in [2.45, 2.75) is 0 Å². The van der Waals surface area contributed by atoms with Crippen LogP contribution in [-0.2, 0) is 0 Å². The molecule has 1 aromatic carbocycles. The quantitative estimate of drug-likeness (QED) is 0.533. The third-order valence-electron chi connectivity index (χ3n) is 2.17. The molecule has 0 aliphatic heterocycles. The van der Waals surface area contributed by atoms with Gasteiger partial charge in [-0.1, -0.05) is 36.0 Å². The van der Waals surface area contributed by atoms with Crippen molar-refractivity contribution in [3.8, 4) is 0 Å². The number of rotatable bonds is 2. The van der Waals surface area contributed by atoms with Crippen LogP contribution < -0.4 is 0 Å². The van der Waals surface area contributed by atoms with E-state index < -0.39 is 6.69 Å². The lowest BCUT2D eigenvalue weighted by Gasteiger charge is -2.25. The monoisotopic (exact) mass is 226 g/mol. The maximum atomic E-state index is 6.17. The molecule has 3 heteroatoms. The van der Waals surface area contributed by atoms with Gasteiger partial charge < -0.3 is 0 Å². The van der Waals surface area contributed by atoms with Gasteiger partial charge in [-0.05, 0) is 16.3 Å². The van der Waals surface area contributed by atoms with Gasteiger partial charge in [-0.15, -0.1) is 28.7 Å². The minimum Gasteiger partial charge on any atom is -0.134 e. The molecular formula is C10H8Cl2Si. The second-order valence-corrected chi connectivity index (χ2v) is 9.32. The molecule has 66 valence electrons. The van der Waals surface area contributed by atoms with E-state index in [9.17, 15) is 0 Å². The average molecular weight is 227 g/mol. The molecule has 1 aliphatic rings. The second-order valence-electron chi connectivity index (χ2n) is 2.97. The Hall–Kier alpha value is -0.503. The summed E-state index contributed by atoms with van der Waals surface area (Å²) in [6.45, 7) is 1.29. The van der Waals surface area contributed by atoms with Gasteiger partial charge in [0.1, 0.15) is 0 Å². The Morgan fingerprint density at radius 2 is 1.92 bits per heavy atom. The summed E-state index contributed by atoms with van der Waals surface area (Å²) < 4.78 is 0. The predicted molar refractivity (Wildman–Crippen MR) is 62.0 cm³/mol. The average Bonchev–Trinajstić information content (AvgIpc) is 2.07. The van der Waals surface area contributed by atoms with Gasteiger partial charge in [0.05, 0.1) is 0 Å². The summed E-state index contributed by atoms with van der Waals surface area (Å²) in [6, 6.07) is 8.10. The minimum atomic E-state index is -2.38. The second kappa shape index (κ2) is 3.02. The van der Waals surface area contributed by atoms with E-state index in [0.717, 1.165) is 5.20 Å². The Morgan fingerprint density at radius 1 is 1.23 bits per heavy atom. The molecule has 1 aromatic rings. The number of halogens is 2. The fourth-order valence-electron chi connectivity index (χ4n) is 1.41. The van der Waals surface area contributed by atoms with Crippen LogP contribution >= 0.6 is 22.2 Å². The van der Waals surface area contributed by atoms with Crippen molar-refractivity contribution in [3.63, 3.8) is 0 Å². The molecule has 0 amide bonds. The molecule has 0 heterocycles. The van der Waals surface area contributed by atoms with E-state index in [2.05, 4.69) is 12.6 Å². The summed E-state index contributed by atoms with van der Waals surface area (Å²) in [4.78, 5) is 0. The summed E-state index contributed by atoms with van der Waals surface area (Å²) in [7, 11) is 0. The Balaban J connectivity index is 2.40. The summed E-state index contributed by atoms with van der Waals surface area (Å²) in [5.74, 6) is 0. The summed E-state index contributed by atoms with van der Waals surface area (Å²) in [5, 5.41) is 1.07. The van der Waals surface area contributed by atoms with Crippen molar-refractivity contribution >= 4 is 40.1 Å². The molecule has 0 nitrogen and oxygen atoms in total. The number of benzene rings is 1. The summed E-state index contributed by atoms with van der Waals surface area (Å²) in [6.07, 6.45) is 2.04. The zero-order valence-corrected chi connectivity index (χ0v) is 9.44. The number of hydrogen-bond acceptors (Lipinski definition) is 0. The SMILES string of the molecule is C=C[Si](Cl)(Cl)C1=Cc2ccccc21. The van der Waals surface area contributed by atoms with Gasteiger partial charge in [-0.25, -0.2) is 0 Å². The third-order valence-corrected chi connectivity index (χ3v) is 5.96. The van der Waals surface area contributed by atoms with Crippen LogP contribution in [0.2, 0.25) is 0 Å². The first-order valence-corrected chi connectivity index (χ1v) is 8.08. The smallest absolute Gasteiger partial charge is 0.134 e. The van der Waals surface area contributed by atoms with Gasteiger partial charge >= 0.3 is 6.69 Å². The summed E-state index contributed by atoms with van der Waals surface area (Å²) in [5.41, 5.74) is 4.08. The van der Waals surface area contributed by atoms with Crippen molar-refractivity contribution in [3.05, 3.63) is 47.7 Å². The van der Waals surface area contributed by atoms with Crippen LogP contribution in [0, 0.1) is 0 Å². The lowest BCUT2D eigenvalue weighted by atomic mass is 9.98. The highest BCUT2D eigenvalue weighted by molar-refractivity contribution is 7.55. The van der Waals surface area contributed by atoms with E-state index >= 15 is 0 Å². The molecule has 0 bridgehead atoms. The Labute approximate surface area is 87.9 Å². The predicted octanol–water partition coefficient (Wildman–Crippen LogP) is 3.72. The fraction of sp³-hybridized carbons (Fsp3) is 0. The lowest BCUT2D eigenvalue weighted by Crippen LogP contribution is -2.23. The lowest BCUT2D eigenvalue weighted by molar-refractivity contribution is 1.56. The van der Waals surface area contributed by atoms with Crippen molar-refractivity contribution in [2.24, 2.45) is 0 Å². The highest BCUT2D eigenvalue weighted by Crippen LogP contribution is 2.42. The molecule has 0 atom stereocenters. The van der Waals surface area contributed by atoms with Crippen molar-refractivity contribution < 1.29 is 0 Å². The van der Waals surface area contributed by atoms with Gasteiger partial charge in [0, 0.05) is 0 Å². The first-order chi connectivity index (χ1) is 6.15. The van der Waals surface area contributed by atoms with Crippen molar-refractivity contribution in [1.29, 1.82) is 0 Å². The van der Waals surface area contributed by atoms with E-state index in [1.54, 1.807) is 5.70 Å². The third kappa shape index (κ3) is 1.37. The molecule has 0 spiro atoms. The van der Waals surface area contributed by atoms with Crippen LogP contribution in [0.3, 0.4) is 0 Å². The summed E-state index contributed by atoms with van der Waals surface area (Å²) >= 11 is 12.3. The van der Waals surface area contributed by atoms with Gasteiger partial charge in [-0.3, -0.25) is 0 Å². The number of fused-ring (bicyclic) bond motifs is 1. The molecule has 0 saturated heterocycles. The van der Waals surface area contributed by atoms with Crippen molar-refractivity contribution in [1.82, 2.24) is 0 Å². The van der Waals surface area contributed by atoms with Gasteiger partial charge in [-0.2, -0.15) is 0 Å². The first-order valence-electron chi connectivity index (χ1n) is 3.98. The van der Waals surface area contributed by atoms with Gasteiger partial charge in [0.2, 0.25) is 0 Å². The zero-order valence-electron chi connectivity index (χ0n) is 6.93. The fourth-order valence-corrected chi connectivity index (χ4v) is 3.50. The maximum Gasteiger partial charge on any atom is 0.303 e. The molecule has 0 fully saturated rings. The van der Waals surface area contributed by atoms with Crippen LogP contribution in [0.1, 0.15) is 11.1 Å². The van der Waals surface area contributed by atoms with E-state index in [1.807, 2.05) is 24.3 Å². The molecule has 0 saturated carbocycles. The standard InChI is InChI=1S/C10H8Cl2Si/c1-2-13(11,12)10-7-8-5-3-4-6-9(8)10/h2-7H,1H2. The number of hydrogen-bond donors (Lipinski definition) is 0. The molecule has 0 aromatic heterocycles. The van der Waals surface area contributed by atoms with Gasteiger partial charge in [0.15, 0.2) is 0 Å². The Kier molecular flexibility index (Phi) is 2.10. The molecule has 1 aliphatic carbocycles. The maximum absolute atomic E-state index is 6.17. The van der Waals surface area contributed by atoms with Crippen LogP contribution in [0.5, 0.6) is 0 Å². The van der Waals surface area contributed by atoms with Crippen molar-refractivity contribution in [2.75, 3.05) is 0 Å². The van der Waals surface area contributed by atoms with E-state index in [4.69, 9.17) is 22.2 Å². The van der Waals surface area contributed by atoms with Crippen LogP contribution in [0.15, 0.2) is 36.5 Å². The van der Waals surface area contributed by atoms with E-state index in [0.29, 0.717) is 0 Å². The van der Waals surface area contributed by atoms with E-state index in [-0.39, 0.29) is 0 Å². The highest BCUT2D eigenvalue weighted by atomic mass is 35.7. The highest BCUT2D eigenvalue weighted by Gasteiger charge is 2.35. The molecule has 0 unspecified atom stereocenters. The van der Waals surface area contributed by atoms with Crippen LogP contribution in [0.25, 0.3) is 11.3 Å².